The molecule has 1 aromatic carbocycles. The first-order valence-corrected chi connectivity index (χ1v) is 6.75. The second kappa shape index (κ2) is 6.22. The van der Waals surface area contributed by atoms with Crippen molar-refractivity contribution in [3.63, 3.8) is 0 Å². The van der Waals surface area contributed by atoms with Gasteiger partial charge in [-0.15, -0.1) is 11.8 Å². The van der Waals surface area contributed by atoms with Crippen LogP contribution in [-0.2, 0) is 6.42 Å². The van der Waals surface area contributed by atoms with Crippen LogP contribution in [0.15, 0.2) is 29.2 Å². The highest BCUT2D eigenvalue weighted by Crippen LogP contribution is 2.25. The Morgan fingerprint density at radius 1 is 1.07 bits per heavy atom. The van der Waals surface area contributed by atoms with Crippen LogP contribution >= 0.6 is 11.8 Å². The predicted octanol–water partition coefficient (Wildman–Crippen LogP) is 4.78. The third kappa shape index (κ3) is 4.74. The number of rotatable bonds is 5. The van der Waals surface area contributed by atoms with Gasteiger partial charge in [0.15, 0.2) is 0 Å². The van der Waals surface area contributed by atoms with E-state index in [0.29, 0.717) is 0 Å². The molecule has 0 spiro atoms. The zero-order valence-electron chi connectivity index (χ0n) is 10.3. The molecule has 0 saturated heterocycles. The van der Waals surface area contributed by atoms with Crippen LogP contribution in [0, 0.1) is 5.92 Å². The van der Waals surface area contributed by atoms with Crippen LogP contribution in [0.1, 0.15) is 39.7 Å². The van der Waals surface area contributed by atoms with E-state index in [9.17, 15) is 0 Å². The molecule has 0 radical (unpaired) electrons. The highest BCUT2D eigenvalue weighted by atomic mass is 32.2. The second-order valence-corrected chi connectivity index (χ2v) is 6.09. The van der Waals surface area contributed by atoms with Gasteiger partial charge in [0.1, 0.15) is 0 Å². The second-order valence-electron chi connectivity index (χ2n) is 4.58. The summed E-state index contributed by atoms with van der Waals surface area (Å²) >= 11 is 1.97. The van der Waals surface area contributed by atoms with E-state index in [1.807, 2.05) is 11.8 Å². The van der Waals surface area contributed by atoms with E-state index >= 15 is 0 Å². The number of benzene rings is 1. The molecule has 1 atom stereocenters. The van der Waals surface area contributed by atoms with Gasteiger partial charge in [0, 0.05) is 10.1 Å². The van der Waals surface area contributed by atoms with Gasteiger partial charge < -0.3 is 0 Å². The normalized spacial score (nSPS) is 13.1. The van der Waals surface area contributed by atoms with Gasteiger partial charge >= 0.3 is 0 Å². The molecule has 0 amide bonds. The fourth-order valence-corrected chi connectivity index (χ4v) is 2.42. The minimum absolute atomic E-state index is 0.723. The van der Waals surface area contributed by atoms with Crippen LogP contribution in [-0.4, -0.2) is 5.25 Å². The largest absolute Gasteiger partial charge is 0.123 e. The zero-order chi connectivity index (χ0) is 11.3. The standard InChI is InChI=1S/C14H22S/c1-5-12(4)15-14-8-6-13(7-9-14)10-11(2)3/h6-9,11-12H,5,10H2,1-4H3. The molecule has 0 nitrogen and oxygen atoms in total. The molecule has 0 aliphatic heterocycles. The Kier molecular flexibility index (Phi) is 5.24. The maximum atomic E-state index is 2.28. The molecule has 1 aromatic rings. The molecule has 1 heteroatoms. The van der Waals surface area contributed by atoms with Gasteiger partial charge in [-0.2, -0.15) is 0 Å². The molecular formula is C14H22S. The average Bonchev–Trinajstić information content (AvgIpc) is 2.20. The van der Waals surface area contributed by atoms with Crippen LogP contribution in [0.2, 0.25) is 0 Å². The quantitative estimate of drug-likeness (QED) is 0.646. The first-order chi connectivity index (χ1) is 7.11. The number of hydrogen-bond donors (Lipinski definition) is 0. The Morgan fingerprint density at radius 2 is 1.67 bits per heavy atom. The maximum Gasteiger partial charge on any atom is 0.00748 e. The molecule has 1 rings (SSSR count). The minimum atomic E-state index is 0.723. The molecule has 0 aromatic heterocycles. The third-order valence-electron chi connectivity index (χ3n) is 2.48. The summed E-state index contributed by atoms with van der Waals surface area (Å²) in [6, 6.07) is 9.05. The molecule has 0 aliphatic carbocycles. The zero-order valence-corrected chi connectivity index (χ0v) is 11.1. The van der Waals surface area contributed by atoms with Crippen LogP contribution in [0.3, 0.4) is 0 Å². The van der Waals surface area contributed by atoms with E-state index in [1.54, 1.807) is 0 Å². The molecule has 84 valence electrons. The van der Waals surface area contributed by atoms with Crippen LogP contribution in [0.4, 0.5) is 0 Å². The lowest BCUT2D eigenvalue weighted by Crippen LogP contribution is -1.94. The fraction of sp³-hybridized carbons (Fsp3) is 0.571. The summed E-state index contributed by atoms with van der Waals surface area (Å²) in [5.41, 5.74) is 1.46. The lowest BCUT2D eigenvalue weighted by Gasteiger charge is -2.09. The Balaban J connectivity index is 2.56. The van der Waals surface area contributed by atoms with Crippen molar-refractivity contribution in [2.45, 2.75) is 50.7 Å². The molecule has 0 saturated carbocycles. The molecule has 0 heterocycles. The smallest absolute Gasteiger partial charge is 0.00748 e. The lowest BCUT2D eigenvalue weighted by molar-refractivity contribution is 0.647. The summed E-state index contributed by atoms with van der Waals surface area (Å²) in [6.07, 6.45) is 2.42. The summed E-state index contributed by atoms with van der Waals surface area (Å²) < 4.78 is 0. The van der Waals surface area contributed by atoms with Crippen LogP contribution in [0.5, 0.6) is 0 Å². The van der Waals surface area contributed by atoms with Gasteiger partial charge in [0.2, 0.25) is 0 Å². The van der Waals surface area contributed by atoms with Crippen LogP contribution < -0.4 is 0 Å². The van der Waals surface area contributed by atoms with E-state index in [-0.39, 0.29) is 0 Å². The summed E-state index contributed by atoms with van der Waals surface area (Å²) in [5, 5.41) is 0.723. The Labute approximate surface area is 98.5 Å². The van der Waals surface area contributed by atoms with Gasteiger partial charge in [-0.25, -0.2) is 0 Å². The monoisotopic (exact) mass is 222 g/mol. The van der Waals surface area contributed by atoms with Crippen LogP contribution in [0.25, 0.3) is 0 Å². The molecule has 1 unspecified atom stereocenters. The Hall–Kier alpha value is -0.430. The van der Waals surface area contributed by atoms with Gasteiger partial charge in [0.05, 0.1) is 0 Å². The van der Waals surface area contributed by atoms with E-state index < -0.39 is 0 Å². The third-order valence-corrected chi connectivity index (χ3v) is 3.76. The first-order valence-electron chi connectivity index (χ1n) is 5.87. The van der Waals surface area contributed by atoms with Crippen molar-refractivity contribution in [3.8, 4) is 0 Å². The van der Waals surface area contributed by atoms with Crippen molar-refractivity contribution in [3.05, 3.63) is 29.8 Å². The van der Waals surface area contributed by atoms with E-state index in [1.165, 1.54) is 23.3 Å². The van der Waals surface area contributed by atoms with Gasteiger partial charge in [-0.3, -0.25) is 0 Å². The molecular weight excluding hydrogens is 200 g/mol. The van der Waals surface area contributed by atoms with E-state index in [4.69, 9.17) is 0 Å². The average molecular weight is 222 g/mol. The summed E-state index contributed by atoms with van der Waals surface area (Å²) in [4.78, 5) is 1.40. The lowest BCUT2D eigenvalue weighted by atomic mass is 10.0. The molecule has 0 bridgehead atoms. The molecule has 0 fully saturated rings. The molecule has 0 aliphatic rings. The maximum absolute atomic E-state index is 2.28. The number of thioether (sulfide) groups is 1. The van der Waals surface area contributed by atoms with Gasteiger partial charge in [0.25, 0.3) is 0 Å². The van der Waals surface area contributed by atoms with Crippen molar-refractivity contribution in [1.29, 1.82) is 0 Å². The van der Waals surface area contributed by atoms with Crippen molar-refractivity contribution in [2.75, 3.05) is 0 Å². The number of hydrogen-bond acceptors (Lipinski definition) is 1. The van der Waals surface area contributed by atoms with Gasteiger partial charge in [-0.05, 0) is 36.5 Å². The summed E-state index contributed by atoms with van der Waals surface area (Å²) in [6.45, 7) is 9.06. The SMILES string of the molecule is CCC(C)Sc1ccc(CC(C)C)cc1. The van der Waals surface area contributed by atoms with E-state index in [2.05, 4.69) is 52.0 Å². The van der Waals surface area contributed by atoms with E-state index in [0.717, 1.165) is 11.2 Å². The summed E-state index contributed by atoms with van der Waals surface area (Å²) in [5.74, 6) is 0.748. The van der Waals surface area contributed by atoms with Gasteiger partial charge in [-0.1, -0.05) is 39.8 Å². The van der Waals surface area contributed by atoms with Crippen molar-refractivity contribution >= 4 is 11.8 Å². The predicted molar refractivity (Wildman–Crippen MR) is 70.6 cm³/mol. The highest BCUT2D eigenvalue weighted by Gasteiger charge is 2.02. The Bertz CT molecular complexity index is 274. The topological polar surface area (TPSA) is 0 Å². The minimum Gasteiger partial charge on any atom is -0.123 e. The highest BCUT2D eigenvalue weighted by molar-refractivity contribution is 7.99. The Morgan fingerprint density at radius 3 is 2.13 bits per heavy atom. The summed E-state index contributed by atoms with van der Waals surface area (Å²) in [7, 11) is 0. The molecule has 0 N–H and O–H groups in total. The fourth-order valence-electron chi connectivity index (χ4n) is 1.49. The first kappa shape index (κ1) is 12.6. The van der Waals surface area contributed by atoms with Crippen molar-refractivity contribution in [2.24, 2.45) is 5.92 Å². The van der Waals surface area contributed by atoms with Crippen molar-refractivity contribution < 1.29 is 0 Å². The molecule has 15 heavy (non-hydrogen) atoms. The van der Waals surface area contributed by atoms with Crippen molar-refractivity contribution in [1.82, 2.24) is 0 Å².